The number of aliphatic carboxylic acids is 4. The molecule has 0 aromatic heterocycles. The smallest absolute Gasteiger partial charge is 0.314 e. The van der Waals surface area contributed by atoms with Crippen molar-refractivity contribution in [3.05, 3.63) is 13.2 Å². The zero-order valence-corrected chi connectivity index (χ0v) is 8.25. The Hall–Kier alpha value is -2.38. The molecule has 0 saturated carbocycles. The van der Waals surface area contributed by atoms with Crippen LogP contribution in [-0.2, 0) is 19.2 Å². The van der Waals surface area contributed by atoms with Gasteiger partial charge in [-0.25, -0.2) is 0 Å². The molecule has 0 spiro atoms. The minimum atomic E-state index is -1.31. The van der Waals surface area contributed by atoms with Crippen LogP contribution in [-0.4, -0.2) is 44.3 Å². The van der Waals surface area contributed by atoms with Crippen molar-refractivity contribution in [1.82, 2.24) is 0 Å². The summed E-state index contributed by atoms with van der Waals surface area (Å²) in [6.07, 6.45) is -1.61. The van der Waals surface area contributed by atoms with Crippen LogP contribution in [0.15, 0.2) is 13.2 Å². The van der Waals surface area contributed by atoms with E-state index in [1.165, 1.54) is 0 Å². The number of hydrogen-bond donors (Lipinski definition) is 4. The van der Waals surface area contributed by atoms with Gasteiger partial charge in [-0.05, 0) is 0 Å². The van der Waals surface area contributed by atoms with E-state index in [-0.39, 0.29) is 0 Å². The van der Waals surface area contributed by atoms with Crippen molar-refractivity contribution < 1.29 is 39.6 Å². The van der Waals surface area contributed by atoms with Crippen molar-refractivity contribution in [2.24, 2.45) is 0 Å². The van der Waals surface area contributed by atoms with Crippen molar-refractivity contribution in [1.29, 1.82) is 0 Å². The van der Waals surface area contributed by atoms with E-state index in [0.29, 0.717) is 0 Å². The van der Waals surface area contributed by atoms with E-state index in [2.05, 4.69) is 13.2 Å². The fraction of sp³-hybridized carbons (Fsp3) is 0.250. The Kier molecular flexibility index (Phi) is 15.2. The largest absolute Gasteiger partial charge is 0.481 e. The van der Waals surface area contributed by atoms with Crippen LogP contribution in [0.25, 0.3) is 0 Å². The third-order valence-corrected chi connectivity index (χ3v) is 0.605. The number of carboxylic acids is 4. The summed E-state index contributed by atoms with van der Waals surface area (Å²) in [5, 5.41) is 30.8. The standard InChI is InChI=1S/2C3H4O4.C2H4/c2*4-2(5)1-3(6)7;1-2/h2*1H2,(H,4,5)(H,6,7);1-2H2. The molecule has 4 N–H and O–H groups in total. The molecule has 0 aliphatic carbocycles. The zero-order valence-electron chi connectivity index (χ0n) is 8.25. The Morgan fingerprint density at radius 2 is 0.750 bits per heavy atom. The fourth-order valence-electron chi connectivity index (χ4n) is 0.259. The van der Waals surface area contributed by atoms with Crippen LogP contribution in [0.2, 0.25) is 0 Å². The normalized spacial score (nSPS) is 7.25. The van der Waals surface area contributed by atoms with Gasteiger partial charge in [-0.15, -0.1) is 13.2 Å². The van der Waals surface area contributed by atoms with Gasteiger partial charge >= 0.3 is 23.9 Å². The highest BCUT2D eigenvalue weighted by molar-refractivity contribution is 5.89. The molecule has 0 rings (SSSR count). The second-order valence-corrected chi connectivity index (χ2v) is 1.93. The second kappa shape index (κ2) is 12.6. The maximum atomic E-state index is 9.43. The van der Waals surface area contributed by atoms with Crippen molar-refractivity contribution in [3.63, 3.8) is 0 Å². The van der Waals surface area contributed by atoms with Crippen LogP contribution in [0.5, 0.6) is 0 Å². The maximum Gasteiger partial charge on any atom is 0.314 e. The molecule has 0 aliphatic rings. The van der Waals surface area contributed by atoms with Gasteiger partial charge in [0.1, 0.15) is 12.8 Å². The lowest BCUT2D eigenvalue weighted by Crippen LogP contribution is -2.03. The summed E-state index contributed by atoms with van der Waals surface area (Å²) in [5.41, 5.74) is 0. The highest BCUT2D eigenvalue weighted by Gasteiger charge is 2.02. The van der Waals surface area contributed by atoms with Gasteiger partial charge in [0.05, 0.1) is 0 Å². The van der Waals surface area contributed by atoms with Gasteiger partial charge in [-0.3, -0.25) is 19.2 Å². The first-order valence-electron chi connectivity index (χ1n) is 3.63. The molecule has 0 radical (unpaired) electrons. The summed E-state index contributed by atoms with van der Waals surface area (Å²) in [6.45, 7) is 6.00. The van der Waals surface area contributed by atoms with E-state index in [9.17, 15) is 19.2 Å². The average Bonchev–Trinajstić information content (AvgIpc) is 2.03. The lowest BCUT2D eigenvalue weighted by Gasteiger charge is -1.80. The molecule has 0 heterocycles. The lowest BCUT2D eigenvalue weighted by atomic mass is 10.5. The predicted octanol–water partition coefficient (Wildman–Crippen LogP) is -0.106. The van der Waals surface area contributed by atoms with Crippen molar-refractivity contribution in [2.75, 3.05) is 0 Å². The molecule has 0 amide bonds. The SMILES string of the molecule is C=C.O=C(O)CC(=O)O.O=C(O)CC(=O)O. The number of carboxylic acid groups (broad SMARTS) is 4. The third kappa shape index (κ3) is 41.5. The van der Waals surface area contributed by atoms with Gasteiger partial charge in [0.2, 0.25) is 0 Å². The Morgan fingerprint density at radius 1 is 0.625 bits per heavy atom. The molecule has 92 valence electrons. The topological polar surface area (TPSA) is 149 Å². The molecule has 8 nitrogen and oxygen atoms in total. The van der Waals surface area contributed by atoms with Crippen LogP contribution in [0.4, 0.5) is 0 Å². The van der Waals surface area contributed by atoms with E-state index in [1.54, 1.807) is 0 Å². The van der Waals surface area contributed by atoms with Crippen molar-refractivity contribution in [2.45, 2.75) is 12.8 Å². The highest BCUT2D eigenvalue weighted by Crippen LogP contribution is 1.74. The van der Waals surface area contributed by atoms with Gasteiger partial charge < -0.3 is 20.4 Å². The molecular weight excluding hydrogens is 224 g/mol. The van der Waals surface area contributed by atoms with Crippen LogP contribution >= 0.6 is 0 Å². The van der Waals surface area contributed by atoms with Crippen molar-refractivity contribution >= 4 is 23.9 Å². The minimum absolute atomic E-state index is 0.806. The van der Waals surface area contributed by atoms with E-state index >= 15 is 0 Å². The Labute approximate surface area is 90.4 Å². The fourth-order valence-corrected chi connectivity index (χ4v) is 0.259. The Bertz CT molecular complexity index is 207. The summed E-state index contributed by atoms with van der Waals surface area (Å²) in [6, 6.07) is 0. The van der Waals surface area contributed by atoms with Crippen LogP contribution < -0.4 is 0 Å². The van der Waals surface area contributed by atoms with Crippen LogP contribution in [0.1, 0.15) is 12.8 Å². The summed E-state index contributed by atoms with van der Waals surface area (Å²) in [4.78, 5) is 37.7. The van der Waals surface area contributed by atoms with E-state index in [0.717, 1.165) is 0 Å². The first-order valence-corrected chi connectivity index (χ1v) is 3.63. The molecule has 8 heteroatoms. The molecule has 0 atom stereocenters. The first-order chi connectivity index (χ1) is 7.25. The lowest BCUT2D eigenvalue weighted by molar-refractivity contribution is -0.149. The van der Waals surface area contributed by atoms with Gasteiger partial charge in [0, 0.05) is 0 Å². The Balaban J connectivity index is -0.000000183. The predicted molar refractivity (Wildman–Crippen MR) is 51.0 cm³/mol. The minimum Gasteiger partial charge on any atom is -0.481 e. The number of carbonyl (C=O) groups is 4. The number of rotatable bonds is 4. The molecule has 0 saturated heterocycles. The zero-order chi connectivity index (χ0) is 13.7. The summed E-state index contributed by atoms with van der Waals surface area (Å²) in [7, 11) is 0. The monoisotopic (exact) mass is 236 g/mol. The highest BCUT2D eigenvalue weighted by atomic mass is 16.4. The van der Waals surface area contributed by atoms with Crippen molar-refractivity contribution in [3.8, 4) is 0 Å². The third-order valence-electron chi connectivity index (χ3n) is 0.605. The molecule has 0 aromatic carbocycles. The van der Waals surface area contributed by atoms with Crippen LogP contribution in [0.3, 0.4) is 0 Å². The van der Waals surface area contributed by atoms with Gasteiger partial charge in [0.15, 0.2) is 0 Å². The molecule has 0 aliphatic heterocycles. The van der Waals surface area contributed by atoms with Crippen LogP contribution in [0, 0.1) is 0 Å². The van der Waals surface area contributed by atoms with Gasteiger partial charge in [-0.1, -0.05) is 0 Å². The van der Waals surface area contributed by atoms with E-state index < -0.39 is 36.7 Å². The summed E-state index contributed by atoms with van der Waals surface area (Å²) in [5.74, 6) is -5.25. The molecule has 0 fully saturated rings. The molecule has 16 heavy (non-hydrogen) atoms. The summed E-state index contributed by atoms with van der Waals surface area (Å²) < 4.78 is 0. The molecular formula is C8H12O8. The summed E-state index contributed by atoms with van der Waals surface area (Å²) >= 11 is 0. The Morgan fingerprint density at radius 3 is 0.750 bits per heavy atom. The molecule has 0 unspecified atom stereocenters. The second-order valence-electron chi connectivity index (χ2n) is 1.93. The van der Waals surface area contributed by atoms with Gasteiger partial charge in [-0.2, -0.15) is 0 Å². The maximum absolute atomic E-state index is 9.43. The quantitative estimate of drug-likeness (QED) is 0.390. The van der Waals surface area contributed by atoms with E-state index in [4.69, 9.17) is 20.4 Å². The average molecular weight is 236 g/mol. The first kappa shape index (κ1) is 19.2. The molecule has 0 bridgehead atoms. The molecule has 0 aromatic rings. The van der Waals surface area contributed by atoms with E-state index in [1.807, 2.05) is 0 Å². The van der Waals surface area contributed by atoms with Gasteiger partial charge in [0.25, 0.3) is 0 Å². The number of hydrogen-bond acceptors (Lipinski definition) is 4.